The summed E-state index contributed by atoms with van der Waals surface area (Å²) in [5.41, 5.74) is 2.53. The number of benzene rings is 2. The van der Waals surface area contributed by atoms with E-state index in [1.807, 2.05) is 19.1 Å². The number of pyridine rings is 1. The maximum Gasteiger partial charge on any atom is 0.252 e. The molecule has 0 spiro atoms. The van der Waals surface area contributed by atoms with Gasteiger partial charge in [0.2, 0.25) is 0 Å². The van der Waals surface area contributed by atoms with Crippen molar-refractivity contribution in [3.05, 3.63) is 65.1 Å². The van der Waals surface area contributed by atoms with Crippen molar-refractivity contribution in [1.82, 2.24) is 10.3 Å². The van der Waals surface area contributed by atoms with Gasteiger partial charge in [0.15, 0.2) is 11.5 Å². The molecule has 1 heterocycles. The number of amides is 1. The van der Waals surface area contributed by atoms with E-state index in [-0.39, 0.29) is 11.9 Å². The van der Waals surface area contributed by atoms with Crippen molar-refractivity contribution in [3.8, 4) is 11.5 Å². The van der Waals surface area contributed by atoms with E-state index in [1.165, 1.54) is 12.1 Å². The molecule has 0 fully saturated rings. The first kappa shape index (κ1) is 18.6. The van der Waals surface area contributed by atoms with Gasteiger partial charge < -0.3 is 14.8 Å². The van der Waals surface area contributed by atoms with Gasteiger partial charge in [-0.3, -0.25) is 9.78 Å². The summed E-state index contributed by atoms with van der Waals surface area (Å²) in [5.74, 6) is 0.503. The second-order valence-corrected chi connectivity index (χ2v) is 6.28. The van der Waals surface area contributed by atoms with Crippen LogP contribution in [0, 0.1) is 12.7 Å². The van der Waals surface area contributed by atoms with Gasteiger partial charge in [0.05, 0.1) is 31.3 Å². The van der Waals surface area contributed by atoms with Crippen molar-refractivity contribution in [3.63, 3.8) is 0 Å². The molecular formula is C21H21FN2O3. The quantitative estimate of drug-likeness (QED) is 0.734. The highest BCUT2D eigenvalue weighted by molar-refractivity contribution is 6.06. The molecule has 1 amide bonds. The third kappa shape index (κ3) is 3.84. The van der Waals surface area contributed by atoms with E-state index in [2.05, 4.69) is 10.3 Å². The standard InChI is InChI=1S/C21H21FN2O3/c1-12-9-17(16-11-15(22)6-7-18(16)23-12)21(25)24-13(2)14-5-8-19(26-3)20(10-14)27-4/h5-11,13H,1-4H3,(H,24,25). The van der Waals surface area contributed by atoms with Crippen LogP contribution in [0.15, 0.2) is 42.5 Å². The summed E-state index contributed by atoms with van der Waals surface area (Å²) >= 11 is 0. The number of carbonyl (C=O) groups excluding carboxylic acids is 1. The average Bonchev–Trinajstić information content (AvgIpc) is 2.66. The van der Waals surface area contributed by atoms with E-state index in [1.54, 1.807) is 39.3 Å². The molecule has 3 aromatic rings. The van der Waals surface area contributed by atoms with Crippen LogP contribution >= 0.6 is 0 Å². The van der Waals surface area contributed by atoms with Gasteiger partial charge in [-0.2, -0.15) is 0 Å². The Labute approximate surface area is 157 Å². The van der Waals surface area contributed by atoms with Crippen molar-refractivity contribution >= 4 is 16.8 Å². The van der Waals surface area contributed by atoms with Gasteiger partial charge in [-0.15, -0.1) is 0 Å². The van der Waals surface area contributed by atoms with Gasteiger partial charge in [-0.1, -0.05) is 6.07 Å². The van der Waals surface area contributed by atoms with Gasteiger partial charge in [0.1, 0.15) is 5.82 Å². The number of nitrogens with zero attached hydrogens (tertiary/aromatic N) is 1. The molecule has 0 saturated heterocycles. The van der Waals surface area contributed by atoms with Crippen molar-refractivity contribution in [2.45, 2.75) is 19.9 Å². The predicted molar refractivity (Wildman–Crippen MR) is 102 cm³/mol. The fraction of sp³-hybridized carbons (Fsp3) is 0.238. The molecule has 2 aromatic carbocycles. The lowest BCUT2D eigenvalue weighted by molar-refractivity contribution is 0.0941. The lowest BCUT2D eigenvalue weighted by Gasteiger charge is -2.17. The number of ether oxygens (including phenoxy) is 2. The van der Waals surface area contributed by atoms with Crippen LogP contribution in [-0.4, -0.2) is 25.1 Å². The molecule has 6 heteroatoms. The second kappa shape index (κ2) is 7.61. The maximum absolute atomic E-state index is 13.7. The highest BCUT2D eigenvalue weighted by atomic mass is 19.1. The lowest BCUT2D eigenvalue weighted by atomic mass is 10.0. The summed E-state index contributed by atoms with van der Waals surface area (Å²) in [6.45, 7) is 3.67. The highest BCUT2D eigenvalue weighted by Crippen LogP contribution is 2.30. The Morgan fingerprint density at radius 1 is 1.07 bits per heavy atom. The van der Waals surface area contributed by atoms with E-state index < -0.39 is 5.82 Å². The largest absolute Gasteiger partial charge is 0.493 e. The number of hydrogen-bond donors (Lipinski definition) is 1. The van der Waals surface area contributed by atoms with Crippen molar-refractivity contribution < 1.29 is 18.7 Å². The summed E-state index contributed by atoms with van der Waals surface area (Å²) in [5, 5.41) is 3.44. The fourth-order valence-electron chi connectivity index (χ4n) is 3.00. The Hall–Kier alpha value is -3.15. The molecule has 3 rings (SSSR count). The lowest BCUT2D eigenvalue weighted by Crippen LogP contribution is -2.27. The van der Waals surface area contributed by atoms with E-state index in [0.29, 0.717) is 33.7 Å². The zero-order valence-electron chi connectivity index (χ0n) is 15.7. The van der Waals surface area contributed by atoms with Crippen molar-refractivity contribution in [2.24, 2.45) is 0 Å². The van der Waals surface area contributed by atoms with Crippen LogP contribution in [0.3, 0.4) is 0 Å². The number of aromatic nitrogens is 1. The molecule has 1 aromatic heterocycles. The molecule has 0 aliphatic carbocycles. The zero-order chi connectivity index (χ0) is 19.6. The van der Waals surface area contributed by atoms with Crippen molar-refractivity contribution in [1.29, 1.82) is 0 Å². The van der Waals surface area contributed by atoms with Gasteiger partial charge in [-0.05, 0) is 55.8 Å². The summed E-state index contributed by atoms with van der Waals surface area (Å²) in [6.07, 6.45) is 0. The Bertz CT molecular complexity index is 1000. The minimum Gasteiger partial charge on any atom is -0.493 e. The number of fused-ring (bicyclic) bond motifs is 1. The molecular weight excluding hydrogens is 347 g/mol. The van der Waals surface area contributed by atoms with E-state index >= 15 is 0 Å². The Morgan fingerprint density at radius 2 is 1.81 bits per heavy atom. The van der Waals surface area contributed by atoms with Crippen LogP contribution < -0.4 is 14.8 Å². The average molecular weight is 368 g/mol. The zero-order valence-corrected chi connectivity index (χ0v) is 15.7. The molecule has 0 saturated carbocycles. The van der Waals surface area contributed by atoms with Crippen LogP contribution in [0.1, 0.15) is 34.6 Å². The fourth-order valence-corrected chi connectivity index (χ4v) is 3.00. The van der Waals surface area contributed by atoms with Crippen LogP contribution in [0.2, 0.25) is 0 Å². The molecule has 0 bridgehead atoms. The van der Waals surface area contributed by atoms with Gasteiger partial charge in [0.25, 0.3) is 5.91 Å². The first-order valence-corrected chi connectivity index (χ1v) is 8.52. The molecule has 27 heavy (non-hydrogen) atoms. The smallest absolute Gasteiger partial charge is 0.252 e. The Balaban J connectivity index is 1.91. The first-order valence-electron chi connectivity index (χ1n) is 8.52. The predicted octanol–water partition coefficient (Wildman–Crippen LogP) is 4.19. The van der Waals surface area contributed by atoms with Gasteiger partial charge >= 0.3 is 0 Å². The molecule has 140 valence electrons. The van der Waals surface area contributed by atoms with Crippen LogP contribution in [0.4, 0.5) is 4.39 Å². The number of carbonyl (C=O) groups is 1. The minimum atomic E-state index is -0.407. The maximum atomic E-state index is 13.7. The monoisotopic (exact) mass is 368 g/mol. The van der Waals surface area contributed by atoms with Crippen LogP contribution in [-0.2, 0) is 0 Å². The highest BCUT2D eigenvalue weighted by Gasteiger charge is 2.17. The van der Waals surface area contributed by atoms with Crippen LogP contribution in [0.25, 0.3) is 10.9 Å². The minimum absolute atomic E-state index is 0.283. The van der Waals surface area contributed by atoms with E-state index in [9.17, 15) is 9.18 Å². The third-order valence-electron chi connectivity index (χ3n) is 4.40. The molecule has 1 atom stereocenters. The summed E-state index contributed by atoms with van der Waals surface area (Å²) < 4.78 is 24.2. The van der Waals surface area contributed by atoms with Crippen LogP contribution in [0.5, 0.6) is 11.5 Å². The van der Waals surface area contributed by atoms with Crippen molar-refractivity contribution in [2.75, 3.05) is 14.2 Å². The number of methoxy groups -OCH3 is 2. The summed E-state index contributed by atoms with van der Waals surface area (Å²) in [7, 11) is 3.13. The SMILES string of the molecule is COc1ccc(C(C)NC(=O)c2cc(C)nc3ccc(F)cc23)cc1OC. The van der Waals surface area contributed by atoms with E-state index in [0.717, 1.165) is 5.56 Å². The molecule has 0 aliphatic rings. The molecule has 1 N–H and O–H groups in total. The topological polar surface area (TPSA) is 60.5 Å². The number of aryl methyl sites for hydroxylation is 1. The molecule has 1 unspecified atom stereocenters. The number of nitrogens with one attached hydrogen (secondary N) is 1. The normalized spacial score (nSPS) is 11.9. The third-order valence-corrected chi connectivity index (χ3v) is 4.40. The number of rotatable bonds is 5. The van der Waals surface area contributed by atoms with E-state index in [4.69, 9.17) is 9.47 Å². The first-order chi connectivity index (χ1) is 12.9. The number of halogens is 1. The summed E-state index contributed by atoms with van der Waals surface area (Å²) in [4.78, 5) is 17.2. The van der Waals surface area contributed by atoms with Gasteiger partial charge in [-0.25, -0.2) is 4.39 Å². The Kier molecular flexibility index (Phi) is 5.26. The molecule has 5 nitrogen and oxygen atoms in total. The number of hydrogen-bond acceptors (Lipinski definition) is 4. The molecule has 0 aliphatic heterocycles. The Morgan fingerprint density at radius 3 is 2.52 bits per heavy atom. The molecule has 0 radical (unpaired) electrons. The summed E-state index contributed by atoms with van der Waals surface area (Å²) in [6, 6.07) is 11.1. The second-order valence-electron chi connectivity index (χ2n) is 6.28. The van der Waals surface area contributed by atoms with Gasteiger partial charge in [0, 0.05) is 11.1 Å².